The van der Waals surface area contributed by atoms with Crippen molar-refractivity contribution in [3.8, 4) is 17.5 Å². The number of anilines is 1. The molecule has 4 aliphatic rings. The molecular formula is C29H33FN6O3. The first-order chi connectivity index (χ1) is 18.5. The van der Waals surface area contributed by atoms with E-state index < -0.39 is 23.3 Å². The van der Waals surface area contributed by atoms with Crippen molar-refractivity contribution in [2.45, 2.75) is 75.3 Å². The molecule has 7 rings (SSSR count). The smallest absolute Gasteiger partial charge is 0.255 e. The molecule has 204 valence electrons. The van der Waals surface area contributed by atoms with Crippen LogP contribution in [-0.2, 0) is 0 Å². The van der Waals surface area contributed by atoms with Crippen LogP contribution in [0.4, 0.5) is 10.1 Å². The van der Waals surface area contributed by atoms with E-state index in [4.69, 9.17) is 0 Å². The lowest BCUT2D eigenvalue weighted by molar-refractivity contribution is -0.127. The van der Waals surface area contributed by atoms with Gasteiger partial charge in [-0.25, -0.2) is 8.91 Å². The molecule has 3 atom stereocenters. The van der Waals surface area contributed by atoms with E-state index in [0.29, 0.717) is 40.9 Å². The highest BCUT2D eigenvalue weighted by atomic mass is 19.1. The zero-order valence-electron chi connectivity index (χ0n) is 22.1. The summed E-state index contributed by atoms with van der Waals surface area (Å²) in [5.41, 5.74) is 0.675. The lowest BCUT2D eigenvalue weighted by atomic mass is 9.51. The van der Waals surface area contributed by atoms with Crippen molar-refractivity contribution >= 4 is 17.1 Å². The van der Waals surface area contributed by atoms with Gasteiger partial charge in [-0.2, -0.15) is 10.4 Å². The molecule has 1 amide bonds. The molecule has 0 spiro atoms. The first kappa shape index (κ1) is 25.7. The molecule has 9 nitrogen and oxygen atoms in total. The molecule has 3 heterocycles. The normalized spacial score (nSPS) is 28.3. The maximum absolute atomic E-state index is 14.4. The molecule has 4 saturated carbocycles. The Morgan fingerprint density at radius 2 is 2.00 bits per heavy atom. The number of hydrogen-bond acceptors (Lipinski definition) is 7. The van der Waals surface area contributed by atoms with Gasteiger partial charge in [0.2, 0.25) is 0 Å². The number of hydrogen-bond donors (Lipinski definition) is 4. The lowest BCUT2D eigenvalue weighted by Crippen LogP contribution is -2.62. The highest BCUT2D eigenvalue weighted by Crippen LogP contribution is 2.58. The molecule has 4 aliphatic carbocycles. The second-order valence-corrected chi connectivity index (χ2v) is 12.4. The number of aliphatic hydroxyl groups is 2. The van der Waals surface area contributed by atoms with Gasteiger partial charge in [0.15, 0.2) is 0 Å². The second kappa shape index (κ2) is 9.00. The number of carbonyl (C=O) groups is 1. The summed E-state index contributed by atoms with van der Waals surface area (Å²) in [5, 5.41) is 41.1. The van der Waals surface area contributed by atoms with Crippen molar-refractivity contribution in [3.63, 3.8) is 0 Å². The fraction of sp³-hybridized carbons (Fsp3) is 0.517. The number of rotatable bonds is 7. The number of nitrogens with one attached hydrogen (secondary N) is 2. The molecule has 3 aromatic rings. The quantitative estimate of drug-likeness (QED) is 0.365. The Morgan fingerprint density at radius 1 is 1.26 bits per heavy atom. The Bertz CT molecular complexity index is 1470. The summed E-state index contributed by atoms with van der Waals surface area (Å²) in [4.78, 5) is 17.8. The van der Waals surface area contributed by atoms with Gasteiger partial charge in [0.1, 0.15) is 12.2 Å². The first-order valence-corrected chi connectivity index (χ1v) is 13.5. The van der Waals surface area contributed by atoms with Crippen molar-refractivity contribution in [1.82, 2.24) is 19.9 Å². The van der Waals surface area contributed by atoms with E-state index in [0.717, 1.165) is 37.6 Å². The molecule has 4 N–H and O–H groups in total. The van der Waals surface area contributed by atoms with Gasteiger partial charge in [0.25, 0.3) is 5.91 Å². The largest absolute Gasteiger partial charge is 0.390 e. The highest BCUT2D eigenvalue weighted by Gasteiger charge is 2.57. The standard InChI is InChI=1S/C29H33FN6O3/c1-27(2,38)25(30)15-33-26(37)21-14-32-23(24-4-3-20-6-19(12-31)13-34-36(20)24)7-22(21)35-28-8-17-5-18(9-28)11-29(39,10-17)16-28/h3-4,6-7,13-14,17-18,25,38-39H,5,8-11,15-16H2,1-2H3,(H,32,35)(H,33,37). The molecule has 39 heavy (non-hydrogen) atoms. The van der Waals surface area contributed by atoms with Crippen LogP contribution in [0.1, 0.15) is 68.3 Å². The molecular weight excluding hydrogens is 499 g/mol. The molecule has 3 unspecified atom stereocenters. The lowest BCUT2D eigenvalue weighted by Gasteiger charge is -2.60. The van der Waals surface area contributed by atoms with E-state index in [-0.39, 0.29) is 17.6 Å². The average molecular weight is 533 g/mol. The van der Waals surface area contributed by atoms with Crippen molar-refractivity contribution in [3.05, 3.63) is 47.8 Å². The number of alkyl halides is 1. The van der Waals surface area contributed by atoms with E-state index in [1.54, 1.807) is 10.6 Å². The molecule has 4 bridgehead atoms. The van der Waals surface area contributed by atoms with E-state index in [1.807, 2.05) is 18.2 Å². The Kier molecular flexibility index (Phi) is 5.93. The number of pyridine rings is 1. The van der Waals surface area contributed by atoms with Crippen molar-refractivity contribution < 1.29 is 19.4 Å². The van der Waals surface area contributed by atoms with E-state index in [9.17, 15) is 24.7 Å². The number of fused-ring (bicyclic) bond motifs is 1. The van der Waals surface area contributed by atoms with Crippen LogP contribution in [0.5, 0.6) is 0 Å². The van der Waals surface area contributed by atoms with E-state index >= 15 is 0 Å². The SMILES string of the molecule is CC(C)(O)C(F)CNC(=O)c1cnc(-c2ccc3cc(C#N)cnn23)cc1NC12CC3CC(CC(O)(C3)C1)C2. The number of amides is 1. The topological polar surface area (TPSA) is 136 Å². The zero-order valence-corrected chi connectivity index (χ0v) is 22.1. The maximum Gasteiger partial charge on any atom is 0.255 e. The Hall–Kier alpha value is -3.55. The van der Waals surface area contributed by atoms with Crippen LogP contribution in [0.3, 0.4) is 0 Å². The molecule has 0 radical (unpaired) electrons. The average Bonchev–Trinajstić information content (AvgIpc) is 3.28. The van der Waals surface area contributed by atoms with Gasteiger partial charge in [0, 0.05) is 11.7 Å². The molecule has 0 saturated heterocycles. The van der Waals surface area contributed by atoms with E-state index in [2.05, 4.69) is 26.8 Å². The number of nitriles is 1. The molecule has 0 aromatic carbocycles. The number of nitrogens with zero attached hydrogens (tertiary/aromatic N) is 4. The predicted molar refractivity (Wildman–Crippen MR) is 143 cm³/mol. The summed E-state index contributed by atoms with van der Waals surface area (Å²) >= 11 is 0. The van der Waals surface area contributed by atoms with Crippen molar-refractivity contribution in [2.24, 2.45) is 11.8 Å². The van der Waals surface area contributed by atoms with Gasteiger partial charge in [-0.1, -0.05) is 0 Å². The monoisotopic (exact) mass is 532 g/mol. The fourth-order valence-electron chi connectivity index (χ4n) is 7.31. The summed E-state index contributed by atoms with van der Waals surface area (Å²) in [7, 11) is 0. The minimum absolute atomic E-state index is 0.269. The predicted octanol–water partition coefficient (Wildman–Crippen LogP) is 3.60. The minimum atomic E-state index is -1.64. The Morgan fingerprint density at radius 3 is 2.67 bits per heavy atom. The third-order valence-corrected chi connectivity index (χ3v) is 8.68. The summed E-state index contributed by atoms with van der Waals surface area (Å²) < 4.78 is 16.1. The number of carbonyl (C=O) groups excluding carboxylic acids is 1. The highest BCUT2D eigenvalue weighted by molar-refractivity contribution is 6.00. The van der Waals surface area contributed by atoms with Gasteiger partial charge in [0.05, 0.1) is 57.7 Å². The fourth-order valence-corrected chi connectivity index (χ4v) is 7.31. The van der Waals surface area contributed by atoms with Crippen LogP contribution in [0.2, 0.25) is 0 Å². The zero-order chi connectivity index (χ0) is 27.6. The third-order valence-electron chi connectivity index (χ3n) is 8.68. The van der Waals surface area contributed by atoms with Crippen LogP contribution >= 0.6 is 0 Å². The molecule has 4 fully saturated rings. The first-order valence-electron chi connectivity index (χ1n) is 13.5. The summed E-state index contributed by atoms with van der Waals surface area (Å²) in [6.07, 6.45) is 6.55. The van der Waals surface area contributed by atoms with Gasteiger partial charge in [-0.15, -0.1) is 0 Å². The van der Waals surface area contributed by atoms with Crippen LogP contribution in [-0.4, -0.2) is 60.2 Å². The van der Waals surface area contributed by atoms with Gasteiger partial charge < -0.3 is 20.8 Å². The maximum atomic E-state index is 14.4. The van der Waals surface area contributed by atoms with Gasteiger partial charge >= 0.3 is 0 Å². The molecule has 0 aliphatic heterocycles. The summed E-state index contributed by atoms with van der Waals surface area (Å²) in [6.45, 7) is 2.38. The minimum Gasteiger partial charge on any atom is -0.390 e. The summed E-state index contributed by atoms with van der Waals surface area (Å²) in [5.74, 6) is 0.382. The molecule has 10 heteroatoms. The molecule has 3 aromatic heterocycles. The number of aromatic nitrogens is 3. The van der Waals surface area contributed by atoms with Crippen LogP contribution in [0.25, 0.3) is 16.9 Å². The third kappa shape index (κ3) is 4.74. The van der Waals surface area contributed by atoms with Crippen LogP contribution in [0.15, 0.2) is 36.7 Å². The van der Waals surface area contributed by atoms with Gasteiger partial charge in [-0.05, 0) is 88.5 Å². The summed E-state index contributed by atoms with van der Waals surface area (Å²) in [6, 6.07) is 9.35. The van der Waals surface area contributed by atoms with E-state index in [1.165, 1.54) is 26.2 Å². The van der Waals surface area contributed by atoms with Crippen LogP contribution < -0.4 is 10.6 Å². The van der Waals surface area contributed by atoms with Gasteiger partial charge in [-0.3, -0.25) is 9.78 Å². The Balaban J connectivity index is 1.37. The van der Waals surface area contributed by atoms with Crippen molar-refractivity contribution in [1.29, 1.82) is 5.26 Å². The van der Waals surface area contributed by atoms with Crippen LogP contribution in [0, 0.1) is 23.2 Å². The number of halogens is 1. The Labute approximate surface area is 226 Å². The second-order valence-electron chi connectivity index (χ2n) is 12.4. The van der Waals surface area contributed by atoms with Crippen molar-refractivity contribution in [2.75, 3.05) is 11.9 Å².